The zero-order valence-electron chi connectivity index (χ0n) is 14.5. The SMILES string of the molecule is CC(C)CNC(=O)c1cccc(N2NC(=O)[C@H]3CC=CC[C@@H]3C2=O)c1. The molecule has 0 spiro atoms. The summed E-state index contributed by atoms with van der Waals surface area (Å²) >= 11 is 0. The van der Waals surface area contributed by atoms with Gasteiger partial charge < -0.3 is 5.32 Å². The Hall–Kier alpha value is -2.63. The highest BCUT2D eigenvalue weighted by molar-refractivity contribution is 6.05. The number of benzene rings is 1. The lowest BCUT2D eigenvalue weighted by Crippen LogP contribution is -2.59. The van der Waals surface area contributed by atoms with Gasteiger partial charge in [0.1, 0.15) is 0 Å². The molecule has 2 atom stereocenters. The topological polar surface area (TPSA) is 78.5 Å². The summed E-state index contributed by atoms with van der Waals surface area (Å²) in [5.74, 6) is -0.753. The van der Waals surface area contributed by atoms with Gasteiger partial charge in [-0.3, -0.25) is 19.8 Å². The normalized spacial score (nSPS) is 22.6. The van der Waals surface area contributed by atoms with Gasteiger partial charge in [0.05, 0.1) is 17.5 Å². The van der Waals surface area contributed by atoms with Crippen LogP contribution in [0.1, 0.15) is 37.0 Å². The fourth-order valence-electron chi connectivity index (χ4n) is 3.17. The summed E-state index contributed by atoms with van der Waals surface area (Å²) in [6, 6.07) is 6.76. The van der Waals surface area contributed by atoms with Crippen LogP contribution in [-0.4, -0.2) is 24.3 Å². The Morgan fingerprint density at radius 2 is 1.96 bits per heavy atom. The van der Waals surface area contributed by atoms with Crippen LogP contribution in [0.5, 0.6) is 0 Å². The molecule has 0 unspecified atom stereocenters. The van der Waals surface area contributed by atoms with Gasteiger partial charge in [0.15, 0.2) is 0 Å². The van der Waals surface area contributed by atoms with E-state index in [1.807, 2.05) is 26.0 Å². The van der Waals surface area contributed by atoms with E-state index in [0.29, 0.717) is 36.6 Å². The molecule has 6 heteroatoms. The molecule has 1 fully saturated rings. The molecule has 25 heavy (non-hydrogen) atoms. The molecule has 6 nitrogen and oxygen atoms in total. The van der Waals surface area contributed by atoms with Crippen molar-refractivity contribution in [2.75, 3.05) is 11.6 Å². The summed E-state index contributed by atoms with van der Waals surface area (Å²) in [6.07, 6.45) is 5.06. The Bertz CT molecular complexity index is 726. The van der Waals surface area contributed by atoms with E-state index in [9.17, 15) is 14.4 Å². The molecule has 0 radical (unpaired) electrons. The quantitative estimate of drug-likeness (QED) is 0.823. The number of carbonyl (C=O) groups is 3. The Balaban J connectivity index is 1.81. The highest BCUT2D eigenvalue weighted by Gasteiger charge is 2.42. The molecule has 2 N–H and O–H groups in total. The van der Waals surface area contributed by atoms with Gasteiger partial charge in [-0.2, -0.15) is 0 Å². The molecule has 2 aliphatic rings. The summed E-state index contributed by atoms with van der Waals surface area (Å²) in [5, 5.41) is 4.13. The second-order valence-corrected chi connectivity index (χ2v) is 6.96. The minimum Gasteiger partial charge on any atom is -0.352 e. The van der Waals surface area contributed by atoms with Crippen LogP contribution < -0.4 is 15.8 Å². The van der Waals surface area contributed by atoms with Gasteiger partial charge in [-0.15, -0.1) is 0 Å². The van der Waals surface area contributed by atoms with Crippen molar-refractivity contribution in [1.82, 2.24) is 10.7 Å². The van der Waals surface area contributed by atoms with E-state index in [1.54, 1.807) is 24.3 Å². The van der Waals surface area contributed by atoms with Crippen molar-refractivity contribution in [3.8, 4) is 0 Å². The van der Waals surface area contributed by atoms with E-state index >= 15 is 0 Å². The molecule has 1 heterocycles. The molecular formula is C19H23N3O3. The van der Waals surface area contributed by atoms with Crippen molar-refractivity contribution >= 4 is 23.4 Å². The first-order chi connectivity index (χ1) is 12.0. The van der Waals surface area contributed by atoms with Gasteiger partial charge in [-0.05, 0) is 37.0 Å². The number of amides is 3. The Kier molecular flexibility index (Phi) is 4.88. The number of rotatable bonds is 4. The molecule has 1 saturated heterocycles. The zero-order chi connectivity index (χ0) is 18.0. The van der Waals surface area contributed by atoms with E-state index in [1.165, 1.54) is 5.01 Å². The standard InChI is InChI=1S/C19H23N3O3/c1-12(2)11-20-17(23)13-6-5-7-14(10-13)22-19(25)16-9-4-3-8-15(16)18(24)21-22/h3-7,10,12,15-16H,8-9,11H2,1-2H3,(H,20,23)(H,21,24)/t15-,16-/m0/s1. The third-order valence-corrected chi connectivity index (χ3v) is 4.57. The third-order valence-electron chi connectivity index (χ3n) is 4.57. The minimum absolute atomic E-state index is 0.131. The highest BCUT2D eigenvalue weighted by atomic mass is 16.2. The predicted molar refractivity (Wildman–Crippen MR) is 94.6 cm³/mol. The molecule has 0 aromatic heterocycles. The maximum absolute atomic E-state index is 12.8. The van der Waals surface area contributed by atoms with Crippen molar-refractivity contribution < 1.29 is 14.4 Å². The van der Waals surface area contributed by atoms with Gasteiger partial charge in [0.2, 0.25) is 11.8 Å². The first-order valence-corrected chi connectivity index (χ1v) is 8.65. The maximum Gasteiger partial charge on any atom is 0.251 e. The Labute approximate surface area is 147 Å². The van der Waals surface area contributed by atoms with Gasteiger partial charge in [0, 0.05) is 12.1 Å². The monoisotopic (exact) mass is 341 g/mol. The van der Waals surface area contributed by atoms with E-state index in [0.717, 1.165) is 0 Å². The largest absolute Gasteiger partial charge is 0.352 e. The van der Waals surface area contributed by atoms with Crippen LogP contribution in [-0.2, 0) is 9.59 Å². The third kappa shape index (κ3) is 3.57. The summed E-state index contributed by atoms with van der Waals surface area (Å²) in [7, 11) is 0. The molecule has 1 aromatic rings. The van der Waals surface area contributed by atoms with Crippen molar-refractivity contribution in [1.29, 1.82) is 0 Å². The maximum atomic E-state index is 12.8. The lowest BCUT2D eigenvalue weighted by atomic mass is 9.80. The van der Waals surface area contributed by atoms with Crippen LogP contribution in [0.3, 0.4) is 0 Å². The number of anilines is 1. The van der Waals surface area contributed by atoms with Crippen LogP contribution in [0.25, 0.3) is 0 Å². The second kappa shape index (κ2) is 7.09. The van der Waals surface area contributed by atoms with Crippen molar-refractivity contribution in [3.05, 3.63) is 42.0 Å². The van der Waals surface area contributed by atoms with Gasteiger partial charge >= 0.3 is 0 Å². The number of fused-ring (bicyclic) bond motifs is 1. The first-order valence-electron chi connectivity index (χ1n) is 8.65. The highest BCUT2D eigenvalue weighted by Crippen LogP contribution is 2.32. The van der Waals surface area contributed by atoms with Crippen LogP contribution in [0.15, 0.2) is 36.4 Å². The van der Waals surface area contributed by atoms with Crippen molar-refractivity contribution in [2.24, 2.45) is 17.8 Å². The molecule has 132 valence electrons. The van der Waals surface area contributed by atoms with Crippen LogP contribution >= 0.6 is 0 Å². The number of carbonyl (C=O) groups excluding carboxylic acids is 3. The number of nitrogens with one attached hydrogen (secondary N) is 2. The first kappa shape index (κ1) is 17.2. The van der Waals surface area contributed by atoms with Crippen molar-refractivity contribution in [2.45, 2.75) is 26.7 Å². The summed E-state index contributed by atoms with van der Waals surface area (Å²) < 4.78 is 0. The van der Waals surface area contributed by atoms with E-state index in [4.69, 9.17) is 0 Å². The zero-order valence-corrected chi connectivity index (χ0v) is 14.5. The minimum atomic E-state index is -0.336. The summed E-state index contributed by atoms with van der Waals surface area (Å²) in [6.45, 7) is 4.62. The van der Waals surface area contributed by atoms with Crippen LogP contribution in [0.2, 0.25) is 0 Å². The summed E-state index contributed by atoms with van der Waals surface area (Å²) in [4.78, 5) is 37.4. The number of hydrazine groups is 1. The Morgan fingerprint density at radius 1 is 1.24 bits per heavy atom. The number of allylic oxidation sites excluding steroid dienone is 2. The molecule has 3 amide bonds. The number of hydrogen-bond donors (Lipinski definition) is 2. The van der Waals surface area contributed by atoms with Crippen molar-refractivity contribution in [3.63, 3.8) is 0 Å². The van der Waals surface area contributed by atoms with E-state index < -0.39 is 0 Å². The lowest BCUT2D eigenvalue weighted by Gasteiger charge is -2.38. The van der Waals surface area contributed by atoms with E-state index in [2.05, 4.69) is 10.7 Å². The smallest absolute Gasteiger partial charge is 0.251 e. The van der Waals surface area contributed by atoms with Crippen LogP contribution in [0.4, 0.5) is 5.69 Å². The average molecular weight is 341 g/mol. The molecule has 3 rings (SSSR count). The molecule has 1 aliphatic heterocycles. The molecular weight excluding hydrogens is 318 g/mol. The molecule has 1 aliphatic carbocycles. The Morgan fingerprint density at radius 3 is 2.68 bits per heavy atom. The number of nitrogens with zero attached hydrogens (tertiary/aromatic N) is 1. The number of hydrogen-bond acceptors (Lipinski definition) is 3. The van der Waals surface area contributed by atoms with Gasteiger partial charge in [-0.1, -0.05) is 32.1 Å². The molecule has 1 aromatic carbocycles. The average Bonchev–Trinajstić information content (AvgIpc) is 2.63. The molecule has 0 bridgehead atoms. The molecule has 0 saturated carbocycles. The fourth-order valence-corrected chi connectivity index (χ4v) is 3.17. The summed E-state index contributed by atoms with van der Waals surface area (Å²) in [5.41, 5.74) is 3.64. The fraction of sp³-hybridized carbons (Fsp3) is 0.421. The van der Waals surface area contributed by atoms with Gasteiger partial charge in [0.25, 0.3) is 5.91 Å². The second-order valence-electron chi connectivity index (χ2n) is 6.96. The van der Waals surface area contributed by atoms with Crippen LogP contribution in [0, 0.1) is 17.8 Å². The predicted octanol–water partition coefficient (Wildman–Crippen LogP) is 2.03. The lowest BCUT2D eigenvalue weighted by molar-refractivity contribution is -0.139. The van der Waals surface area contributed by atoms with E-state index in [-0.39, 0.29) is 29.6 Å². The van der Waals surface area contributed by atoms with Gasteiger partial charge in [-0.25, -0.2) is 5.01 Å².